The summed E-state index contributed by atoms with van der Waals surface area (Å²) in [5.41, 5.74) is 1.48. The van der Waals surface area contributed by atoms with Crippen molar-refractivity contribution in [3.8, 4) is 23.3 Å². The number of amides is 1. The third-order valence-electron chi connectivity index (χ3n) is 4.46. The molecule has 2 aromatic carbocycles. The molecule has 27 heavy (non-hydrogen) atoms. The van der Waals surface area contributed by atoms with Crippen LogP contribution in [0.25, 0.3) is 0 Å². The number of fused-ring (bicyclic) bond motifs is 1. The third-order valence-corrected chi connectivity index (χ3v) is 4.46. The van der Waals surface area contributed by atoms with E-state index in [1.165, 1.54) is 25.2 Å². The first-order valence-corrected chi connectivity index (χ1v) is 8.18. The van der Waals surface area contributed by atoms with Crippen LogP contribution in [0.2, 0.25) is 0 Å². The summed E-state index contributed by atoms with van der Waals surface area (Å²) in [4.78, 5) is 26.8. The van der Waals surface area contributed by atoms with Gasteiger partial charge in [-0.3, -0.25) is 9.59 Å². The Hall–Kier alpha value is -3.53. The predicted molar refractivity (Wildman–Crippen MR) is 97.2 cm³/mol. The molecular formula is C20H18N2O5. The Morgan fingerprint density at radius 1 is 1.00 bits per heavy atom. The SMILES string of the molecule is COc1ccc(CN2C(=O)C(C#N)C(=O)c3cc(OC)c(OC)cc32)cc1. The highest BCUT2D eigenvalue weighted by molar-refractivity contribution is 6.23. The number of ketones is 1. The number of carbonyl (C=O) groups is 2. The van der Waals surface area contributed by atoms with Gasteiger partial charge in [-0.1, -0.05) is 12.1 Å². The molecule has 0 fully saturated rings. The van der Waals surface area contributed by atoms with Gasteiger partial charge in [0.05, 0.1) is 39.6 Å². The largest absolute Gasteiger partial charge is 0.497 e. The molecule has 7 heteroatoms. The van der Waals surface area contributed by atoms with E-state index < -0.39 is 17.6 Å². The van der Waals surface area contributed by atoms with Crippen LogP contribution >= 0.6 is 0 Å². The fourth-order valence-corrected chi connectivity index (χ4v) is 3.02. The van der Waals surface area contributed by atoms with E-state index in [1.807, 2.05) is 18.2 Å². The zero-order valence-electron chi connectivity index (χ0n) is 15.2. The lowest BCUT2D eigenvalue weighted by Crippen LogP contribution is -2.43. The van der Waals surface area contributed by atoms with Crippen molar-refractivity contribution in [3.05, 3.63) is 47.5 Å². The molecule has 0 saturated carbocycles. The van der Waals surface area contributed by atoms with Crippen molar-refractivity contribution in [2.24, 2.45) is 5.92 Å². The lowest BCUT2D eigenvalue weighted by molar-refractivity contribution is -0.120. The Kier molecular flexibility index (Phi) is 4.99. The quantitative estimate of drug-likeness (QED) is 0.756. The number of Topliss-reactive ketones (excluding diaryl/α,β-unsaturated/α-hetero) is 1. The minimum absolute atomic E-state index is 0.205. The van der Waals surface area contributed by atoms with Gasteiger partial charge >= 0.3 is 0 Å². The molecule has 0 aliphatic carbocycles. The molecule has 138 valence electrons. The maximum Gasteiger partial charge on any atom is 0.252 e. The summed E-state index contributed by atoms with van der Waals surface area (Å²) in [5.74, 6) is -1.02. The molecule has 0 N–H and O–H groups in total. The molecule has 1 heterocycles. The first kappa shape index (κ1) is 18.3. The van der Waals surface area contributed by atoms with Crippen molar-refractivity contribution in [3.63, 3.8) is 0 Å². The molecule has 2 aromatic rings. The Morgan fingerprint density at radius 3 is 2.19 bits per heavy atom. The van der Waals surface area contributed by atoms with Gasteiger partial charge in [0.15, 0.2) is 23.2 Å². The number of nitriles is 1. The zero-order valence-corrected chi connectivity index (χ0v) is 15.2. The van der Waals surface area contributed by atoms with E-state index in [2.05, 4.69) is 0 Å². The second-order valence-corrected chi connectivity index (χ2v) is 5.92. The van der Waals surface area contributed by atoms with Crippen molar-refractivity contribution in [1.82, 2.24) is 0 Å². The molecule has 0 radical (unpaired) electrons. The molecule has 1 unspecified atom stereocenters. The Labute approximate surface area is 156 Å². The third kappa shape index (κ3) is 3.17. The fraction of sp³-hybridized carbons (Fsp3) is 0.250. The van der Waals surface area contributed by atoms with Gasteiger partial charge in [-0.25, -0.2) is 0 Å². The van der Waals surface area contributed by atoms with Gasteiger partial charge < -0.3 is 19.1 Å². The van der Waals surface area contributed by atoms with E-state index in [9.17, 15) is 14.9 Å². The maximum atomic E-state index is 12.8. The molecule has 0 bridgehead atoms. The zero-order chi connectivity index (χ0) is 19.6. The highest BCUT2D eigenvalue weighted by atomic mass is 16.5. The standard InChI is InChI=1S/C20H18N2O5/c1-25-13-6-4-12(5-7-13)11-22-16-9-18(27-3)17(26-2)8-14(16)19(23)15(10-21)20(22)24/h4-9,15H,11H2,1-3H3. The molecule has 0 saturated heterocycles. The van der Waals surface area contributed by atoms with Crippen molar-refractivity contribution in [2.45, 2.75) is 6.54 Å². The first-order valence-electron chi connectivity index (χ1n) is 8.18. The second-order valence-electron chi connectivity index (χ2n) is 5.92. The van der Waals surface area contributed by atoms with E-state index in [1.54, 1.807) is 25.3 Å². The minimum atomic E-state index is -1.38. The first-order chi connectivity index (χ1) is 13.0. The maximum absolute atomic E-state index is 12.8. The van der Waals surface area contributed by atoms with E-state index in [4.69, 9.17) is 14.2 Å². The molecule has 0 spiro atoms. The highest BCUT2D eigenvalue weighted by Crippen LogP contribution is 2.40. The number of ether oxygens (including phenoxy) is 3. The fourth-order valence-electron chi connectivity index (χ4n) is 3.02. The summed E-state index contributed by atoms with van der Waals surface area (Å²) in [6.45, 7) is 0.205. The second kappa shape index (κ2) is 7.38. The number of anilines is 1. The molecule has 1 aliphatic rings. The summed E-state index contributed by atoms with van der Waals surface area (Å²) in [6.07, 6.45) is 0. The van der Waals surface area contributed by atoms with Gasteiger partial charge in [0.1, 0.15) is 5.75 Å². The topological polar surface area (TPSA) is 88.9 Å². The van der Waals surface area contributed by atoms with Crippen LogP contribution < -0.4 is 19.1 Å². The van der Waals surface area contributed by atoms with E-state index in [0.29, 0.717) is 22.9 Å². The van der Waals surface area contributed by atoms with Crippen LogP contribution in [0.3, 0.4) is 0 Å². The van der Waals surface area contributed by atoms with Gasteiger partial charge in [0.25, 0.3) is 5.91 Å². The van der Waals surface area contributed by atoms with E-state index >= 15 is 0 Å². The average molecular weight is 366 g/mol. The number of hydrogen-bond donors (Lipinski definition) is 0. The van der Waals surface area contributed by atoms with Crippen LogP contribution in [0, 0.1) is 17.2 Å². The number of nitrogens with zero attached hydrogens (tertiary/aromatic N) is 2. The van der Waals surface area contributed by atoms with Gasteiger partial charge in [0, 0.05) is 11.6 Å². The van der Waals surface area contributed by atoms with Gasteiger partial charge in [-0.2, -0.15) is 5.26 Å². The van der Waals surface area contributed by atoms with Gasteiger partial charge in [-0.05, 0) is 23.8 Å². The van der Waals surface area contributed by atoms with E-state index in [-0.39, 0.29) is 12.1 Å². The summed E-state index contributed by atoms with van der Waals surface area (Å²) >= 11 is 0. The van der Waals surface area contributed by atoms with Crippen LogP contribution in [-0.2, 0) is 11.3 Å². The molecule has 1 amide bonds. The van der Waals surface area contributed by atoms with Crippen LogP contribution in [0.5, 0.6) is 17.2 Å². The number of methoxy groups -OCH3 is 3. The Morgan fingerprint density at radius 2 is 1.63 bits per heavy atom. The molecule has 1 aliphatic heterocycles. The van der Waals surface area contributed by atoms with Crippen LogP contribution in [0.1, 0.15) is 15.9 Å². The molecular weight excluding hydrogens is 348 g/mol. The van der Waals surface area contributed by atoms with Crippen molar-refractivity contribution >= 4 is 17.4 Å². The number of hydrogen-bond acceptors (Lipinski definition) is 6. The molecule has 0 aromatic heterocycles. The number of benzene rings is 2. The summed E-state index contributed by atoms with van der Waals surface area (Å²) in [5, 5.41) is 9.35. The molecule has 1 atom stereocenters. The minimum Gasteiger partial charge on any atom is -0.497 e. The smallest absolute Gasteiger partial charge is 0.252 e. The Bertz CT molecular complexity index is 931. The van der Waals surface area contributed by atoms with Gasteiger partial charge in [0.2, 0.25) is 0 Å². The monoisotopic (exact) mass is 366 g/mol. The van der Waals surface area contributed by atoms with Crippen molar-refractivity contribution in [2.75, 3.05) is 26.2 Å². The molecule has 3 rings (SSSR count). The van der Waals surface area contributed by atoms with Crippen molar-refractivity contribution < 1.29 is 23.8 Å². The van der Waals surface area contributed by atoms with Crippen LogP contribution in [-0.4, -0.2) is 33.0 Å². The predicted octanol–water partition coefficient (Wildman–Crippen LogP) is 2.58. The summed E-state index contributed by atoms with van der Waals surface area (Å²) in [7, 11) is 4.50. The summed E-state index contributed by atoms with van der Waals surface area (Å²) in [6, 6.07) is 12.1. The van der Waals surface area contributed by atoms with Crippen LogP contribution in [0.15, 0.2) is 36.4 Å². The van der Waals surface area contributed by atoms with Crippen LogP contribution in [0.4, 0.5) is 5.69 Å². The van der Waals surface area contributed by atoms with Gasteiger partial charge in [-0.15, -0.1) is 0 Å². The Balaban J connectivity index is 2.09. The molecule has 7 nitrogen and oxygen atoms in total. The lowest BCUT2D eigenvalue weighted by Gasteiger charge is -2.31. The number of rotatable bonds is 5. The number of carbonyl (C=O) groups excluding carboxylic acids is 2. The van der Waals surface area contributed by atoms with E-state index in [0.717, 1.165) is 5.56 Å². The highest BCUT2D eigenvalue weighted by Gasteiger charge is 2.40. The normalized spacial score (nSPS) is 15.8. The lowest BCUT2D eigenvalue weighted by atomic mass is 9.90. The van der Waals surface area contributed by atoms with Crippen molar-refractivity contribution in [1.29, 1.82) is 5.26 Å². The summed E-state index contributed by atoms with van der Waals surface area (Å²) < 4.78 is 15.7. The average Bonchev–Trinajstić information content (AvgIpc) is 2.71.